The monoisotopic (exact) mass is 458 g/mol. The maximum absolute atomic E-state index is 12.6. The second kappa shape index (κ2) is 8.27. The van der Waals surface area contributed by atoms with Gasteiger partial charge in [0.15, 0.2) is 35.7 Å². The molecular formula is C23H23ClN2O6. The van der Waals surface area contributed by atoms with E-state index in [0.717, 1.165) is 39.8 Å². The molecule has 1 amide bonds. The quantitative estimate of drug-likeness (QED) is 0.521. The Bertz CT molecular complexity index is 1230. The van der Waals surface area contributed by atoms with Crippen molar-refractivity contribution in [1.29, 1.82) is 0 Å². The zero-order chi connectivity index (χ0) is 21.7. The molecule has 1 aromatic heterocycles. The number of carbonyl (C=O) groups is 1. The number of amides is 1. The van der Waals surface area contributed by atoms with E-state index in [1.54, 1.807) is 28.3 Å². The van der Waals surface area contributed by atoms with Crippen molar-refractivity contribution in [1.82, 2.24) is 4.90 Å². The molecular weight excluding hydrogens is 436 g/mol. The van der Waals surface area contributed by atoms with Crippen LogP contribution >= 0.6 is 0 Å². The van der Waals surface area contributed by atoms with Crippen LogP contribution in [0.1, 0.15) is 5.56 Å². The van der Waals surface area contributed by atoms with Gasteiger partial charge < -0.3 is 41.0 Å². The summed E-state index contributed by atoms with van der Waals surface area (Å²) in [6, 6.07) is 7.67. The molecule has 2 aliphatic heterocycles. The molecule has 0 spiro atoms. The lowest BCUT2D eigenvalue weighted by Crippen LogP contribution is -3.00. The number of aryl methyl sites for hydroxylation is 2. The second-order valence-corrected chi connectivity index (χ2v) is 7.64. The molecule has 0 N–H and O–H groups in total. The molecule has 0 saturated carbocycles. The third kappa shape index (κ3) is 3.31. The van der Waals surface area contributed by atoms with Gasteiger partial charge in [-0.25, -0.2) is 4.79 Å². The third-order valence-electron chi connectivity index (χ3n) is 5.65. The largest absolute Gasteiger partial charge is 1.00 e. The lowest BCUT2D eigenvalue weighted by molar-refractivity contribution is -0.686. The number of hydrogen-bond acceptors (Lipinski definition) is 6. The van der Waals surface area contributed by atoms with Crippen molar-refractivity contribution < 1.29 is 45.5 Å². The van der Waals surface area contributed by atoms with E-state index < -0.39 is 6.09 Å². The molecule has 168 valence electrons. The van der Waals surface area contributed by atoms with Crippen LogP contribution in [0.4, 0.5) is 4.79 Å². The van der Waals surface area contributed by atoms with Crippen LogP contribution in [0.2, 0.25) is 0 Å². The highest BCUT2D eigenvalue weighted by Gasteiger charge is 2.34. The van der Waals surface area contributed by atoms with Crippen molar-refractivity contribution in [2.24, 2.45) is 0 Å². The average Bonchev–Trinajstić information content (AvgIpc) is 3.23. The molecule has 2 aromatic carbocycles. The molecule has 8 nitrogen and oxygen atoms in total. The van der Waals surface area contributed by atoms with Gasteiger partial charge in [0.05, 0.1) is 25.2 Å². The molecule has 0 radical (unpaired) electrons. The van der Waals surface area contributed by atoms with Crippen LogP contribution < -0.4 is 40.7 Å². The molecule has 0 fully saturated rings. The maximum Gasteiger partial charge on any atom is 0.414 e. The van der Waals surface area contributed by atoms with E-state index >= 15 is 0 Å². The van der Waals surface area contributed by atoms with Crippen LogP contribution in [-0.4, -0.2) is 46.1 Å². The van der Waals surface area contributed by atoms with Crippen LogP contribution in [0, 0.1) is 0 Å². The van der Waals surface area contributed by atoms with Crippen LogP contribution in [-0.2, 0) is 13.0 Å². The average molecular weight is 459 g/mol. The van der Waals surface area contributed by atoms with Crippen molar-refractivity contribution in [3.63, 3.8) is 0 Å². The van der Waals surface area contributed by atoms with E-state index in [-0.39, 0.29) is 19.2 Å². The van der Waals surface area contributed by atoms with Crippen molar-refractivity contribution in [3.05, 3.63) is 36.0 Å². The second-order valence-electron chi connectivity index (χ2n) is 7.64. The Balaban J connectivity index is 0.00000245. The highest BCUT2D eigenvalue weighted by molar-refractivity contribution is 5.99. The topological polar surface area (TPSA) is 70.3 Å². The number of carbonyl (C=O) groups excluding carboxylic acids is 1. The number of benzene rings is 2. The summed E-state index contributed by atoms with van der Waals surface area (Å²) in [4.78, 5) is 14.0. The number of rotatable bonds is 3. The molecule has 0 aliphatic carbocycles. The molecule has 0 unspecified atom stereocenters. The first kappa shape index (κ1) is 21.8. The molecule has 5 rings (SSSR count). The standard InChI is InChI=1S/C23H23N2O6.ClH/c1-24(2)23(26)31-22-14-5-6-17(27-3)21(28-4)16(14)11-25-8-7-13-9-18-19(30-12-29-18)10-15(13)20(22)25;/h5-6,9-11H,7-8,12H2,1-4H3;1H/q+1;/p-1. The van der Waals surface area contributed by atoms with E-state index in [0.29, 0.717) is 29.5 Å². The number of nitrogens with zero attached hydrogens (tertiary/aromatic N) is 2. The summed E-state index contributed by atoms with van der Waals surface area (Å²) in [5.41, 5.74) is 2.88. The molecule has 3 heterocycles. The Morgan fingerprint density at radius 2 is 1.78 bits per heavy atom. The van der Waals surface area contributed by atoms with Gasteiger partial charge in [-0.05, 0) is 29.8 Å². The lowest BCUT2D eigenvalue weighted by atomic mass is 9.94. The SMILES string of the molecule is COc1ccc2c(OC(=O)N(C)C)c3[n+](cc2c1OC)CCc1cc2c(cc1-3)OCO2.[Cl-]. The zero-order valence-electron chi connectivity index (χ0n) is 18.2. The first-order chi connectivity index (χ1) is 15.0. The zero-order valence-corrected chi connectivity index (χ0v) is 19.0. The highest BCUT2D eigenvalue weighted by atomic mass is 35.5. The van der Waals surface area contributed by atoms with Gasteiger partial charge in [-0.3, -0.25) is 0 Å². The first-order valence-electron chi connectivity index (χ1n) is 9.95. The number of methoxy groups -OCH3 is 2. The predicted molar refractivity (Wildman–Crippen MR) is 112 cm³/mol. The summed E-state index contributed by atoms with van der Waals surface area (Å²) in [6.45, 7) is 0.917. The fourth-order valence-corrected chi connectivity index (χ4v) is 4.14. The van der Waals surface area contributed by atoms with Crippen molar-refractivity contribution in [2.45, 2.75) is 13.0 Å². The summed E-state index contributed by atoms with van der Waals surface area (Å²) in [6.07, 6.45) is 2.37. The van der Waals surface area contributed by atoms with E-state index in [1.807, 2.05) is 30.5 Å². The van der Waals surface area contributed by atoms with Crippen LogP contribution in [0.25, 0.3) is 22.0 Å². The molecule has 3 aromatic rings. The number of ether oxygens (including phenoxy) is 5. The summed E-state index contributed by atoms with van der Waals surface area (Å²) in [5.74, 6) is 3.10. The van der Waals surface area contributed by atoms with Gasteiger partial charge in [0, 0.05) is 25.9 Å². The molecule has 32 heavy (non-hydrogen) atoms. The molecule has 0 atom stereocenters. The fraction of sp³-hybridized carbons (Fsp3) is 0.304. The van der Waals surface area contributed by atoms with Crippen LogP contribution in [0.3, 0.4) is 0 Å². The number of aromatic nitrogens is 1. The maximum atomic E-state index is 12.6. The Kier molecular flexibility index (Phi) is 5.64. The van der Waals surface area contributed by atoms with Gasteiger partial charge in [-0.1, -0.05) is 0 Å². The van der Waals surface area contributed by atoms with E-state index in [4.69, 9.17) is 23.7 Å². The summed E-state index contributed by atoms with van der Waals surface area (Å²) in [7, 11) is 6.51. The minimum Gasteiger partial charge on any atom is -1.00 e. The number of pyridine rings is 1. The van der Waals surface area contributed by atoms with Gasteiger partial charge >= 0.3 is 6.09 Å². The van der Waals surface area contributed by atoms with E-state index in [9.17, 15) is 4.79 Å². The van der Waals surface area contributed by atoms with Crippen LogP contribution in [0.5, 0.6) is 28.7 Å². The van der Waals surface area contributed by atoms with Gasteiger partial charge in [-0.15, -0.1) is 0 Å². The van der Waals surface area contributed by atoms with Gasteiger partial charge in [0.1, 0.15) is 0 Å². The van der Waals surface area contributed by atoms with Crippen LogP contribution in [0.15, 0.2) is 30.5 Å². The smallest absolute Gasteiger partial charge is 0.414 e. The number of fused-ring (bicyclic) bond motifs is 5. The molecule has 2 aliphatic rings. The van der Waals surface area contributed by atoms with E-state index in [2.05, 4.69) is 4.57 Å². The molecule has 0 saturated heterocycles. The Hall–Kier alpha value is -3.39. The molecule has 0 bridgehead atoms. The van der Waals surface area contributed by atoms with Gasteiger partial charge in [-0.2, -0.15) is 4.57 Å². The normalized spacial score (nSPS) is 13.0. The summed E-state index contributed by atoms with van der Waals surface area (Å²) >= 11 is 0. The number of halogens is 1. The Labute approximate surface area is 191 Å². The van der Waals surface area contributed by atoms with Crippen molar-refractivity contribution in [2.75, 3.05) is 35.1 Å². The first-order valence-corrected chi connectivity index (χ1v) is 9.95. The Morgan fingerprint density at radius 1 is 1.03 bits per heavy atom. The third-order valence-corrected chi connectivity index (χ3v) is 5.65. The highest BCUT2D eigenvalue weighted by Crippen LogP contribution is 2.46. The Morgan fingerprint density at radius 3 is 2.47 bits per heavy atom. The summed E-state index contributed by atoms with van der Waals surface area (Å²) in [5, 5.41) is 1.56. The molecule has 9 heteroatoms. The van der Waals surface area contributed by atoms with Gasteiger partial charge in [0.2, 0.25) is 12.5 Å². The fourth-order valence-electron chi connectivity index (χ4n) is 4.14. The minimum atomic E-state index is -0.460. The predicted octanol–water partition coefficient (Wildman–Crippen LogP) is 0.161. The van der Waals surface area contributed by atoms with Gasteiger partial charge in [0.25, 0.3) is 5.69 Å². The minimum absolute atomic E-state index is 0. The van der Waals surface area contributed by atoms with Crippen molar-refractivity contribution >= 4 is 16.9 Å². The number of hydrogen-bond donors (Lipinski definition) is 0. The lowest BCUT2D eigenvalue weighted by Gasteiger charge is -2.21. The summed E-state index contributed by atoms with van der Waals surface area (Å²) < 4.78 is 30.3. The van der Waals surface area contributed by atoms with E-state index in [1.165, 1.54) is 4.90 Å². The van der Waals surface area contributed by atoms with Crippen molar-refractivity contribution in [3.8, 4) is 40.0 Å².